The molecule has 0 aromatic rings. The van der Waals surface area contributed by atoms with E-state index in [1.165, 1.54) is 11.9 Å². The summed E-state index contributed by atoms with van der Waals surface area (Å²) < 4.78 is 0. The predicted molar refractivity (Wildman–Crippen MR) is 61.3 cm³/mol. The number of alkyl halides is 1. The first-order valence-electron chi connectivity index (χ1n) is 5.71. The van der Waals surface area contributed by atoms with Crippen molar-refractivity contribution in [3.05, 3.63) is 0 Å². The van der Waals surface area contributed by atoms with Gasteiger partial charge in [-0.2, -0.15) is 0 Å². The molecule has 2 heterocycles. The van der Waals surface area contributed by atoms with E-state index in [1.54, 1.807) is 4.90 Å². The molecule has 6 heteroatoms. The molecule has 2 aliphatic rings. The molecular formula is C11H15ClN2O3. The number of rotatable bonds is 2. The highest BCUT2D eigenvalue weighted by Gasteiger charge is 2.48. The third-order valence-electron chi connectivity index (χ3n) is 3.57. The maximum absolute atomic E-state index is 11.8. The monoisotopic (exact) mass is 258 g/mol. The minimum atomic E-state index is -0.347. The molecule has 0 aliphatic carbocycles. The molecule has 0 radical (unpaired) electrons. The zero-order valence-electron chi connectivity index (χ0n) is 9.69. The standard InChI is InChI=1S/C11H15ClN2O3/c1-13-10(16)7-3-5-14(9(15)2-4-12)6-8(7)11(13)17/h7-8H,2-6H2,1H3/t7-,8+/m1/s1. The van der Waals surface area contributed by atoms with Crippen molar-refractivity contribution in [3.63, 3.8) is 0 Å². The van der Waals surface area contributed by atoms with Crippen molar-refractivity contribution in [1.29, 1.82) is 0 Å². The number of piperidine rings is 1. The lowest BCUT2D eigenvalue weighted by molar-refractivity contribution is -0.138. The molecule has 5 nitrogen and oxygen atoms in total. The molecule has 3 amide bonds. The number of hydrogen-bond acceptors (Lipinski definition) is 3. The Balaban J connectivity index is 2.07. The van der Waals surface area contributed by atoms with Crippen LogP contribution in [0.25, 0.3) is 0 Å². The zero-order valence-corrected chi connectivity index (χ0v) is 10.4. The van der Waals surface area contributed by atoms with Crippen molar-refractivity contribution in [2.24, 2.45) is 11.8 Å². The van der Waals surface area contributed by atoms with Crippen LogP contribution in [-0.2, 0) is 14.4 Å². The minimum Gasteiger partial charge on any atom is -0.342 e. The van der Waals surface area contributed by atoms with E-state index in [-0.39, 0.29) is 41.9 Å². The summed E-state index contributed by atoms with van der Waals surface area (Å²) in [6.45, 7) is 0.902. The second-order valence-corrected chi connectivity index (χ2v) is 4.89. The molecular weight excluding hydrogens is 244 g/mol. The quantitative estimate of drug-likeness (QED) is 0.521. The number of carbonyl (C=O) groups excluding carboxylic acids is 3. The Bertz CT molecular complexity index is 372. The molecule has 0 bridgehead atoms. The lowest BCUT2D eigenvalue weighted by Crippen LogP contribution is -2.45. The lowest BCUT2D eigenvalue weighted by Gasteiger charge is -2.32. The number of hydrogen-bond donors (Lipinski definition) is 0. The molecule has 0 spiro atoms. The number of nitrogens with zero attached hydrogens (tertiary/aromatic N) is 2. The number of halogens is 1. The van der Waals surface area contributed by atoms with Crippen LogP contribution < -0.4 is 0 Å². The Morgan fingerprint density at radius 1 is 1.35 bits per heavy atom. The molecule has 2 saturated heterocycles. The third-order valence-corrected chi connectivity index (χ3v) is 3.76. The average Bonchev–Trinajstić information content (AvgIpc) is 2.55. The van der Waals surface area contributed by atoms with Gasteiger partial charge in [-0.3, -0.25) is 19.3 Å². The molecule has 2 atom stereocenters. The predicted octanol–water partition coefficient (Wildman–Crippen LogP) is 0.0786. The summed E-state index contributed by atoms with van der Waals surface area (Å²) in [4.78, 5) is 38.1. The molecule has 2 fully saturated rings. The van der Waals surface area contributed by atoms with Crippen molar-refractivity contribution < 1.29 is 14.4 Å². The van der Waals surface area contributed by atoms with Crippen LogP contribution in [0.1, 0.15) is 12.8 Å². The third kappa shape index (κ3) is 2.04. The van der Waals surface area contributed by atoms with Gasteiger partial charge in [-0.1, -0.05) is 0 Å². The minimum absolute atomic E-state index is 0.0340. The van der Waals surface area contributed by atoms with E-state index in [0.29, 0.717) is 19.5 Å². The first-order chi connectivity index (χ1) is 8.06. The summed E-state index contributed by atoms with van der Waals surface area (Å²) in [5, 5.41) is 0. The van der Waals surface area contributed by atoms with Crippen molar-refractivity contribution in [1.82, 2.24) is 9.80 Å². The Kier molecular flexibility index (Phi) is 3.38. The second kappa shape index (κ2) is 4.64. The molecule has 0 unspecified atom stereocenters. The maximum Gasteiger partial charge on any atom is 0.234 e. The van der Waals surface area contributed by atoms with Crippen LogP contribution in [0, 0.1) is 11.8 Å². The molecule has 2 aliphatic heterocycles. The number of carbonyl (C=O) groups is 3. The van der Waals surface area contributed by atoms with Crippen LogP contribution in [0.4, 0.5) is 0 Å². The molecule has 2 rings (SSSR count). The van der Waals surface area contributed by atoms with Crippen molar-refractivity contribution in [2.45, 2.75) is 12.8 Å². The van der Waals surface area contributed by atoms with Gasteiger partial charge < -0.3 is 4.90 Å². The lowest BCUT2D eigenvalue weighted by atomic mass is 9.87. The highest BCUT2D eigenvalue weighted by atomic mass is 35.5. The van der Waals surface area contributed by atoms with E-state index in [9.17, 15) is 14.4 Å². The Morgan fingerprint density at radius 3 is 2.65 bits per heavy atom. The normalized spacial score (nSPS) is 28.6. The smallest absolute Gasteiger partial charge is 0.234 e. The van der Waals surface area contributed by atoms with Crippen LogP contribution in [0.15, 0.2) is 0 Å². The van der Waals surface area contributed by atoms with Crippen LogP contribution in [0.5, 0.6) is 0 Å². The van der Waals surface area contributed by atoms with Gasteiger partial charge in [0.1, 0.15) is 0 Å². The van der Waals surface area contributed by atoms with Gasteiger partial charge in [0.05, 0.1) is 11.8 Å². The number of amides is 3. The van der Waals surface area contributed by atoms with Crippen molar-refractivity contribution >= 4 is 29.3 Å². The summed E-state index contributed by atoms with van der Waals surface area (Å²) in [6.07, 6.45) is 0.866. The van der Waals surface area contributed by atoms with E-state index in [1.807, 2.05) is 0 Å². The number of likely N-dealkylation sites (tertiary alicyclic amines) is 2. The van der Waals surface area contributed by atoms with E-state index in [0.717, 1.165) is 0 Å². The maximum atomic E-state index is 11.8. The molecule has 0 aromatic carbocycles. The van der Waals surface area contributed by atoms with E-state index in [2.05, 4.69) is 0 Å². The van der Waals surface area contributed by atoms with Gasteiger partial charge in [0, 0.05) is 32.4 Å². The molecule has 0 aromatic heterocycles. The van der Waals surface area contributed by atoms with Gasteiger partial charge >= 0.3 is 0 Å². The van der Waals surface area contributed by atoms with Gasteiger partial charge in [0.15, 0.2) is 0 Å². The van der Waals surface area contributed by atoms with Crippen LogP contribution in [-0.4, -0.2) is 53.5 Å². The van der Waals surface area contributed by atoms with Crippen molar-refractivity contribution in [2.75, 3.05) is 26.0 Å². The number of fused-ring (bicyclic) bond motifs is 1. The second-order valence-electron chi connectivity index (χ2n) is 4.52. The van der Waals surface area contributed by atoms with E-state index in [4.69, 9.17) is 11.6 Å². The Labute approximate surface area is 105 Å². The van der Waals surface area contributed by atoms with E-state index < -0.39 is 0 Å². The average molecular weight is 259 g/mol. The Morgan fingerprint density at radius 2 is 2.00 bits per heavy atom. The SMILES string of the molecule is CN1C(=O)[C@H]2CN(C(=O)CCCl)CC[C@H]2C1=O. The fraction of sp³-hybridized carbons (Fsp3) is 0.727. The fourth-order valence-electron chi connectivity index (χ4n) is 2.57. The summed E-state index contributed by atoms with van der Waals surface area (Å²) in [5.74, 6) is -0.593. The van der Waals surface area contributed by atoms with Crippen molar-refractivity contribution in [3.8, 4) is 0 Å². The number of imide groups is 1. The van der Waals surface area contributed by atoms with Gasteiger partial charge in [0.25, 0.3) is 0 Å². The largest absolute Gasteiger partial charge is 0.342 e. The summed E-state index contributed by atoms with van der Waals surface area (Å²) in [7, 11) is 1.51. The first kappa shape index (κ1) is 12.4. The highest BCUT2D eigenvalue weighted by Crippen LogP contribution is 2.32. The Hall–Kier alpha value is -1.10. The van der Waals surface area contributed by atoms with Gasteiger partial charge in [-0.15, -0.1) is 11.6 Å². The zero-order chi connectivity index (χ0) is 12.6. The molecule has 17 heavy (non-hydrogen) atoms. The summed E-state index contributed by atoms with van der Waals surface area (Å²) >= 11 is 5.53. The summed E-state index contributed by atoms with van der Waals surface area (Å²) in [6, 6.07) is 0. The summed E-state index contributed by atoms with van der Waals surface area (Å²) in [5.41, 5.74) is 0. The first-order valence-corrected chi connectivity index (χ1v) is 6.25. The molecule has 0 N–H and O–H groups in total. The van der Waals surface area contributed by atoms with Gasteiger partial charge in [0.2, 0.25) is 17.7 Å². The van der Waals surface area contributed by atoms with E-state index >= 15 is 0 Å². The molecule has 94 valence electrons. The van der Waals surface area contributed by atoms with Crippen LogP contribution in [0.2, 0.25) is 0 Å². The molecule has 0 saturated carbocycles. The fourth-order valence-corrected chi connectivity index (χ4v) is 2.73. The highest BCUT2D eigenvalue weighted by molar-refractivity contribution is 6.18. The topological polar surface area (TPSA) is 57.7 Å². The van der Waals surface area contributed by atoms with Gasteiger partial charge in [-0.05, 0) is 6.42 Å². The van der Waals surface area contributed by atoms with Crippen LogP contribution in [0.3, 0.4) is 0 Å². The van der Waals surface area contributed by atoms with Gasteiger partial charge in [-0.25, -0.2) is 0 Å². The van der Waals surface area contributed by atoms with Crippen LogP contribution >= 0.6 is 11.6 Å².